The van der Waals surface area contributed by atoms with Crippen LogP contribution in [0.3, 0.4) is 0 Å². The second kappa shape index (κ2) is 6.09. The Morgan fingerprint density at radius 1 is 1.42 bits per heavy atom. The quantitative estimate of drug-likeness (QED) is 0.808. The number of nitrogens with one attached hydrogen (secondary N) is 1. The number of nitrogen functional groups attached to an aromatic ring is 1. The SMILES string of the molecule is Cc1c(N)cc(Cl)cc1S(=O)(=O)NCC(C)N(C)C. The van der Waals surface area contributed by atoms with Crippen LogP contribution in [-0.4, -0.2) is 40.0 Å². The van der Waals surface area contributed by atoms with Crippen LogP contribution in [0.5, 0.6) is 0 Å². The van der Waals surface area contributed by atoms with Crippen molar-refractivity contribution >= 4 is 27.3 Å². The predicted molar refractivity (Wildman–Crippen MR) is 78.9 cm³/mol. The second-order valence-corrected chi connectivity index (χ2v) is 6.95. The first kappa shape index (κ1) is 16.2. The minimum atomic E-state index is -3.61. The molecule has 0 aliphatic heterocycles. The van der Waals surface area contributed by atoms with Gasteiger partial charge < -0.3 is 10.6 Å². The molecule has 1 rings (SSSR count). The van der Waals surface area contributed by atoms with Gasteiger partial charge in [-0.05, 0) is 45.6 Å². The highest BCUT2D eigenvalue weighted by molar-refractivity contribution is 7.89. The topological polar surface area (TPSA) is 75.4 Å². The van der Waals surface area contributed by atoms with E-state index in [1.807, 2.05) is 25.9 Å². The summed E-state index contributed by atoms with van der Waals surface area (Å²) in [6, 6.07) is 3.04. The molecule has 19 heavy (non-hydrogen) atoms. The van der Waals surface area contributed by atoms with Crippen molar-refractivity contribution in [2.75, 3.05) is 26.4 Å². The fourth-order valence-electron chi connectivity index (χ4n) is 1.44. The average Bonchev–Trinajstić information content (AvgIpc) is 2.30. The van der Waals surface area contributed by atoms with Crippen LogP contribution >= 0.6 is 11.6 Å². The van der Waals surface area contributed by atoms with Crippen LogP contribution in [0, 0.1) is 6.92 Å². The van der Waals surface area contributed by atoms with Crippen LogP contribution in [0.1, 0.15) is 12.5 Å². The smallest absolute Gasteiger partial charge is 0.241 e. The lowest BCUT2D eigenvalue weighted by molar-refractivity contribution is 0.314. The van der Waals surface area contributed by atoms with Crippen molar-refractivity contribution in [1.82, 2.24) is 9.62 Å². The van der Waals surface area contributed by atoms with Gasteiger partial charge in [-0.15, -0.1) is 0 Å². The van der Waals surface area contributed by atoms with Crippen LogP contribution in [-0.2, 0) is 10.0 Å². The summed E-state index contributed by atoms with van der Waals surface area (Å²) in [5.41, 5.74) is 6.62. The normalized spacial score (nSPS) is 13.8. The highest BCUT2D eigenvalue weighted by Crippen LogP contribution is 2.25. The molecule has 0 radical (unpaired) electrons. The minimum Gasteiger partial charge on any atom is -0.398 e. The van der Waals surface area contributed by atoms with Crippen LogP contribution in [0.4, 0.5) is 5.69 Å². The number of sulfonamides is 1. The molecule has 7 heteroatoms. The summed E-state index contributed by atoms with van der Waals surface area (Å²) in [4.78, 5) is 2.06. The molecule has 0 amide bonds. The summed E-state index contributed by atoms with van der Waals surface area (Å²) in [5.74, 6) is 0. The van der Waals surface area contributed by atoms with Crippen molar-refractivity contribution in [3.05, 3.63) is 22.7 Å². The van der Waals surface area contributed by atoms with Gasteiger partial charge in [-0.3, -0.25) is 0 Å². The average molecular weight is 306 g/mol. The summed E-state index contributed by atoms with van der Waals surface area (Å²) in [5, 5.41) is 0.309. The molecule has 0 aromatic heterocycles. The summed E-state index contributed by atoms with van der Waals surface area (Å²) in [6.45, 7) is 3.92. The molecule has 0 fully saturated rings. The van der Waals surface area contributed by atoms with Crippen molar-refractivity contribution in [3.63, 3.8) is 0 Å². The largest absolute Gasteiger partial charge is 0.398 e. The van der Waals surface area contributed by atoms with Gasteiger partial charge in [-0.25, -0.2) is 13.1 Å². The first-order chi connectivity index (χ1) is 8.65. The first-order valence-electron chi connectivity index (χ1n) is 5.87. The number of nitrogens with two attached hydrogens (primary N) is 1. The molecule has 0 saturated carbocycles. The lowest BCUT2D eigenvalue weighted by Crippen LogP contribution is -2.38. The van der Waals surface area contributed by atoms with Gasteiger partial charge in [-0.2, -0.15) is 0 Å². The molecule has 0 bridgehead atoms. The number of hydrogen-bond acceptors (Lipinski definition) is 4. The van der Waals surface area contributed by atoms with E-state index in [9.17, 15) is 8.42 Å². The zero-order valence-electron chi connectivity index (χ0n) is 11.6. The fourth-order valence-corrected chi connectivity index (χ4v) is 3.15. The Labute approximate surface area is 119 Å². The molecule has 0 saturated heterocycles. The van der Waals surface area contributed by atoms with Gasteiger partial charge in [0.1, 0.15) is 0 Å². The third-order valence-electron chi connectivity index (χ3n) is 3.10. The fraction of sp³-hybridized carbons (Fsp3) is 0.500. The summed E-state index contributed by atoms with van der Waals surface area (Å²) in [6.07, 6.45) is 0. The highest BCUT2D eigenvalue weighted by Gasteiger charge is 2.20. The third-order valence-corrected chi connectivity index (χ3v) is 4.87. The highest BCUT2D eigenvalue weighted by atomic mass is 35.5. The van der Waals surface area contributed by atoms with E-state index in [0.29, 0.717) is 22.8 Å². The van der Waals surface area contributed by atoms with Gasteiger partial charge in [0.25, 0.3) is 0 Å². The summed E-state index contributed by atoms with van der Waals surface area (Å²) >= 11 is 5.86. The summed E-state index contributed by atoms with van der Waals surface area (Å²) < 4.78 is 27.0. The number of nitrogens with zero attached hydrogens (tertiary/aromatic N) is 1. The predicted octanol–water partition coefficient (Wildman–Crippen LogP) is 1.46. The van der Waals surface area contributed by atoms with Crippen molar-refractivity contribution in [1.29, 1.82) is 0 Å². The Bertz CT molecular complexity index is 558. The Morgan fingerprint density at radius 2 is 2.00 bits per heavy atom. The molecule has 1 aromatic carbocycles. The standard InChI is InChI=1S/C12H20ClN3O2S/c1-8(16(3)4)7-15-19(17,18)12-6-10(13)5-11(14)9(12)2/h5-6,8,15H,7,14H2,1-4H3. The van der Waals surface area contributed by atoms with E-state index < -0.39 is 10.0 Å². The lowest BCUT2D eigenvalue weighted by atomic mass is 10.2. The maximum atomic E-state index is 12.2. The number of benzene rings is 1. The van der Waals surface area contributed by atoms with Crippen molar-refractivity contribution < 1.29 is 8.42 Å². The maximum absolute atomic E-state index is 12.2. The number of anilines is 1. The second-order valence-electron chi connectivity index (χ2n) is 4.78. The molecule has 3 N–H and O–H groups in total. The molecule has 0 aliphatic carbocycles. The van der Waals surface area contributed by atoms with Crippen LogP contribution in [0.2, 0.25) is 5.02 Å². The molecule has 5 nitrogen and oxygen atoms in total. The zero-order chi connectivity index (χ0) is 14.8. The number of hydrogen-bond donors (Lipinski definition) is 2. The lowest BCUT2D eigenvalue weighted by Gasteiger charge is -2.20. The Balaban J connectivity index is 3.01. The van der Waals surface area contributed by atoms with Crippen molar-refractivity contribution in [3.8, 4) is 0 Å². The maximum Gasteiger partial charge on any atom is 0.241 e. The molecular weight excluding hydrogens is 286 g/mol. The Morgan fingerprint density at radius 3 is 2.53 bits per heavy atom. The molecule has 0 aliphatic rings. The van der Waals surface area contributed by atoms with E-state index in [1.54, 1.807) is 13.0 Å². The van der Waals surface area contributed by atoms with E-state index in [0.717, 1.165) is 0 Å². The Kier molecular flexibility index (Phi) is 5.20. The Hall–Kier alpha value is -0.820. The molecule has 1 unspecified atom stereocenters. The van der Waals surface area contributed by atoms with Crippen LogP contribution < -0.4 is 10.5 Å². The zero-order valence-corrected chi connectivity index (χ0v) is 13.1. The van der Waals surface area contributed by atoms with E-state index in [4.69, 9.17) is 17.3 Å². The molecular formula is C12H20ClN3O2S. The van der Waals surface area contributed by atoms with Crippen LogP contribution in [0.15, 0.2) is 17.0 Å². The molecule has 108 valence electrons. The van der Waals surface area contributed by atoms with E-state index in [1.165, 1.54) is 6.07 Å². The number of halogens is 1. The minimum absolute atomic E-state index is 0.0895. The molecule has 0 spiro atoms. The van der Waals surface area contributed by atoms with E-state index >= 15 is 0 Å². The van der Waals surface area contributed by atoms with Gasteiger partial charge in [-0.1, -0.05) is 11.6 Å². The van der Waals surface area contributed by atoms with Gasteiger partial charge >= 0.3 is 0 Å². The van der Waals surface area contributed by atoms with Gasteiger partial charge in [0, 0.05) is 23.3 Å². The van der Waals surface area contributed by atoms with E-state index in [-0.39, 0.29) is 10.9 Å². The van der Waals surface area contributed by atoms with Gasteiger partial charge in [0.2, 0.25) is 10.0 Å². The van der Waals surface area contributed by atoms with Crippen LogP contribution in [0.25, 0.3) is 0 Å². The van der Waals surface area contributed by atoms with Crippen molar-refractivity contribution in [2.45, 2.75) is 24.8 Å². The van der Waals surface area contributed by atoms with Gasteiger partial charge in [0.15, 0.2) is 0 Å². The van der Waals surface area contributed by atoms with Gasteiger partial charge in [0.05, 0.1) is 4.90 Å². The number of rotatable bonds is 5. The third kappa shape index (κ3) is 4.07. The summed E-state index contributed by atoms with van der Waals surface area (Å²) in [7, 11) is 0.175. The molecule has 1 aromatic rings. The van der Waals surface area contributed by atoms with Crippen molar-refractivity contribution in [2.24, 2.45) is 0 Å². The first-order valence-corrected chi connectivity index (χ1v) is 7.73. The number of likely N-dealkylation sites (N-methyl/N-ethyl adjacent to an activating group) is 1. The monoisotopic (exact) mass is 305 g/mol. The molecule has 0 heterocycles. The molecule has 1 atom stereocenters. The van der Waals surface area contributed by atoms with E-state index in [2.05, 4.69) is 4.72 Å².